The Morgan fingerprint density at radius 2 is 1.67 bits per heavy atom. The zero-order valence-electron chi connectivity index (χ0n) is 14.4. The second-order valence-electron chi connectivity index (χ2n) is 6.67. The summed E-state index contributed by atoms with van der Waals surface area (Å²) in [6.07, 6.45) is 4.77. The lowest BCUT2D eigenvalue weighted by atomic mass is 9.85. The lowest BCUT2D eigenvalue weighted by Gasteiger charge is -2.31. The third-order valence-electron chi connectivity index (χ3n) is 4.66. The van der Waals surface area contributed by atoms with E-state index in [1.54, 1.807) is 6.92 Å². The van der Waals surface area contributed by atoms with Gasteiger partial charge in [0, 0.05) is 12.3 Å². The van der Waals surface area contributed by atoms with Gasteiger partial charge < -0.3 is 5.73 Å². The molecule has 136 valence electrons. The number of rotatable bonds is 5. The van der Waals surface area contributed by atoms with E-state index >= 15 is 0 Å². The second kappa shape index (κ2) is 7.11. The average Bonchev–Trinajstić information content (AvgIpc) is 2.48. The Balaban J connectivity index is 2.44. The van der Waals surface area contributed by atoms with Crippen LogP contribution in [0.1, 0.15) is 36.8 Å². The van der Waals surface area contributed by atoms with Crippen molar-refractivity contribution in [3.05, 3.63) is 23.3 Å². The largest absolute Gasteiger partial charge is 0.330 e. The highest BCUT2D eigenvalue weighted by Gasteiger charge is 2.30. The molecule has 1 aliphatic carbocycles. The number of benzene rings is 1. The van der Waals surface area contributed by atoms with Crippen LogP contribution in [0.2, 0.25) is 0 Å². The van der Waals surface area contributed by atoms with Crippen molar-refractivity contribution in [1.82, 2.24) is 4.72 Å². The Bertz CT molecular complexity index is 817. The van der Waals surface area contributed by atoms with Gasteiger partial charge in [-0.3, -0.25) is 0 Å². The van der Waals surface area contributed by atoms with Crippen molar-refractivity contribution in [3.63, 3.8) is 0 Å². The molecule has 2 atom stereocenters. The number of hydrogen-bond acceptors (Lipinski definition) is 5. The summed E-state index contributed by atoms with van der Waals surface area (Å²) in [6.45, 7) is 3.66. The van der Waals surface area contributed by atoms with Crippen LogP contribution in [-0.4, -0.2) is 35.7 Å². The topological polar surface area (TPSA) is 106 Å². The molecule has 2 rings (SSSR count). The standard InChI is InChI=1S/C16H26N2O4S2/c1-11-8-15(23(3,19)20)12(2)16(9-11)24(21,22)18-14-7-5-4-6-13(14)10-17/h8-9,13-14,18H,4-7,10,17H2,1-3H3. The van der Waals surface area contributed by atoms with Gasteiger partial charge in [-0.15, -0.1) is 0 Å². The highest BCUT2D eigenvalue weighted by Crippen LogP contribution is 2.28. The SMILES string of the molecule is Cc1cc(S(C)(=O)=O)c(C)c(S(=O)(=O)NC2CCCCC2CN)c1. The Hall–Kier alpha value is -0.960. The molecule has 1 fully saturated rings. The summed E-state index contributed by atoms with van der Waals surface area (Å²) < 4.78 is 52.4. The predicted octanol–water partition coefficient (Wildman–Crippen LogP) is 1.50. The molecule has 3 N–H and O–H groups in total. The van der Waals surface area contributed by atoms with Gasteiger partial charge in [-0.2, -0.15) is 0 Å². The minimum absolute atomic E-state index is 0.0317. The normalized spacial score (nSPS) is 22.5. The van der Waals surface area contributed by atoms with Gasteiger partial charge in [0.1, 0.15) is 0 Å². The van der Waals surface area contributed by atoms with Crippen LogP contribution in [0.25, 0.3) is 0 Å². The van der Waals surface area contributed by atoms with E-state index in [0.29, 0.717) is 12.1 Å². The van der Waals surface area contributed by atoms with Crippen molar-refractivity contribution >= 4 is 19.9 Å². The van der Waals surface area contributed by atoms with Gasteiger partial charge >= 0.3 is 0 Å². The zero-order valence-corrected chi connectivity index (χ0v) is 16.0. The number of nitrogens with one attached hydrogen (secondary N) is 1. The van der Waals surface area contributed by atoms with Crippen LogP contribution in [0.5, 0.6) is 0 Å². The predicted molar refractivity (Wildman–Crippen MR) is 94.1 cm³/mol. The van der Waals surface area contributed by atoms with Gasteiger partial charge in [0.05, 0.1) is 9.79 Å². The molecule has 0 aromatic heterocycles. The van der Waals surface area contributed by atoms with E-state index in [1.165, 1.54) is 19.1 Å². The maximum Gasteiger partial charge on any atom is 0.241 e. The van der Waals surface area contributed by atoms with Crippen molar-refractivity contribution < 1.29 is 16.8 Å². The molecule has 6 nitrogen and oxygen atoms in total. The molecule has 2 unspecified atom stereocenters. The van der Waals surface area contributed by atoms with E-state index in [2.05, 4.69) is 4.72 Å². The van der Waals surface area contributed by atoms with Crippen molar-refractivity contribution in [3.8, 4) is 0 Å². The fraction of sp³-hybridized carbons (Fsp3) is 0.625. The third kappa shape index (κ3) is 4.17. The second-order valence-corrected chi connectivity index (χ2v) is 10.3. The maximum absolute atomic E-state index is 12.9. The van der Waals surface area contributed by atoms with Crippen LogP contribution in [-0.2, 0) is 19.9 Å². The smallest absolute Gasteiger partial charge is 0.241 e. The van der Waals surface area contributed by atoms with Crippen molar-refractivity contribution in [2.24, 2.45) is 11.7 Å². The van der Waals surface area contributed by atoms with E-state index in [1.807, 2.05) is 0 Å². The third-order valence-corrected chi connectivity index (χ3v) is 7.50. The highest BCUT2D eigenvalue weighted by atomic mass is 32.2. The van der Waals surface area contributed by atoms with E-state index in [9.17, 15) is 16.8 Å². The summed E-state index contributed by atoms with van der Waals surface area (Å²) in [4.78, 5) is 0.0890. The van der Waals surface area contributed by atoms with E-state index in [-0.39, 0.29) is 27.3 Å². The van der Waals surface area contributed by atoms with Gasteiger partial charge in [0.15, 0.2) is 9.84 Å². The molecule has 1 aromatic rings. The molecule has 0 aliphatic heterocycles. The Kier molecular flexibility index (Phi) is 5.74. The summed E-state index contributed by atoms with van der Waals surface area (Å²) in [5.41, 5.74) is 6.63. The fourth-order valence-corrected chi connectivity index (χ4v) is 6.19. The molecule has 0 amide bonds. The van der Waals surface area contributed by atoms with Gasteiger partial charge in [0.2, 0.25) is 10.0 Å². The Morgan fingerprint density at radius 1 is 1.08 bits per heavy atom. The molecular formula is C16H26N2O4S2. The summed E-state index contributed by atoms with van der Waals surface area (Å²) in [6, 6.07) is 2.83. The molecule has 1 saturated carbocycles. The zero-order chi connectivity index (χ0) is 18.1. The van der Waals surface area contributed by atoms with Crippen molar-refractivity contribution in [2.75, 3.05) is 12.8 Å². The molecular weight excluding hydrogens is 348 g/mol. The van der Waals surface area contributed by atoms with Crippen LogP contribution in [0.3, 0.4) is 0 Å². The van der Waals surface area contributed by atoms with Gasteiger partial charge in [-0.05, 0) is 62.4 Å². The first-order valence-electron chi connectivity index (χ1n) is 8.10. The number of sulfone groups is 1. The number of hydrogen-bond donors (Lipinski definition) is 2. The molecule has 24 heavy (non-hydrogen) atoms. The lowest BCUT2D eigenvalue weighted by molar-refractivity contribution is 0.296. The molecule has 0 heterocycles. The van der Waals surface area contributed by atoms with Crippen LogP contribution < -0.4 is 10.5 Å². The van der Waals surface area contributed by atoms with Crippen molar-refractivity contribution in [1.29, 1.82) is 0 Å². The molecule has 0 saturated heterocycles. The first-order chi connectivity index (χ1) is 11.1. The van der Waals surface area contributed by atoms with E-state index in [4.69, 9.17) is 5.73 Å². The molecule has 1 aliphatic rings. The van der Waals surface area contributed by atoms with Crippen molar-refractivity contribution in [2.45, 2.75) is 55.4 Å². The molecule has 0 spiro atoms. The molecule has 1 aromatic carbocycles. The minimum Gasteiger partial charge on any atom is -0.330 e. The number of aryl methyl sites for hydroxylation is 1. The van der Waals surface area contributed by atoms with E-state index < -0.39 is 19.9 Å². The fourth-order valence-electron chi connectivity index (χ4n) is 3.37. The lowest BCUT2D eigenvalue weighted by Crippen LogP contribution is -2.44. The van der Waals surface area contributed by atoms with Gasteiger partial charge in [-0.1, -0.05) is 12.8 Å². The van der Waals surface area contributed by atoms with Crippen LogP contribution in [0, 0.1) is 19.8 Å². The van der Waals surface area contributed by atoms with Gasteiger partial charge in [-0.25, -0.2) is 21.6 Å². The van der Waals surface area contributed by atoms with Gasteiger partial charge in [0.25, 0.3) is 0 Å². The maximum atomic E-state index is 12.9. The summed E-state index contributed by atoms with van der Waals surface area (Å²) in [5, 5.41) is 0. The Labute approximate surface area is 144 Å². The van der Waals surface area contributed by atoms with Crippen LogP contribution >= 0.6 is 0 Å². The summed E-state index contributed by atoms with van der Waals surface area (Å²) >= 11 is 0. The Morgan fingerprint density at radius 3 is 2.25 bits per heavy atom. The van der Waals surface area contributed by atoms with E-state index in [0.717, 1.165) is 31.9 Å². The quantitative estimate of drug-likeness (QED) is 0.812. The molecule has 0 bridgehead atoms. The number of sulfonamides is 1. The van der Waals surface area contributed by atoms with Crippen LogP contribution in [0.4, 0.5) is 0 Å². The number of nitrogens with two attached hydrogens (primary N) is 1. The minimum atomic E-state index is -3.81. The molecule has 8 heteroatoms. The van der Waals surface area contributed by atoms with Crippen LogP contribution in [0.15, 0.2) is 21.9 Å². The summed E-state index contributed by atoms with van der Waals surface area (Å²) in [7, 11) is -7.31. The first-order valence-corrected chi connectivity index (χ1v) is 11.5. The monoisotopic (exact) mass is 374 g/mol. The summed E-state index contributed by atoms with van der Waals surface area (Å²) in [5.74, 6) is 0.119. The average molecular weight is 375 g/mol. The first kappa shape index (κ1) is 19.4. The highest BCUT2D eigenvalue weighted by molar-refractivity contribution is 7.91. The molecule has 0 radical (unpaired) electrons.